The molecule has 0 amide bonds. The second-order valence-corrected chi connectivity index (χ2v) is 5.22. The first-order valence-corrected chi connectivity index (χ1v) is 6.59. The van der Waals surface area contributed by atoms with Gasteiger partial charge in [0.2, 0.25) is 0 Å². The van der Waals surface area contributed by atoms with Crippen molar-refractivity contribution < 1.29 is 9.50 Å². The zero-order valence-corrected chi connectivity index (χ0v) is 12.1. The van der Waals surface area contributed by atoms with Gasteiger partial charge in [-0.2, -0.15) is 0 Å². The summed E-state index contributed by atoms with van der Waals surface area (Å²) in [6, 6.07) is 3.21. The van der Waals surface area contributed by atoms with Crippen molar-refractivity contribution in [2.75, 3.05) is 27.2 Å². The second-order valence-electron chi connectivity index (χ2n) is 5.22. The van der Waals surface area contributed by atoms with Crippen LogP contribution in [0, 0.1) is 11.7 Å². The summed E-state index contributed by atoms with van der Waals surface area (Å²) in [6.45, 7) is 5.36. The van der Waals surface area contributed by atoms with Crippen LogP contribution in [0.15, 0.2) is 18.3 Å². The van der Waals surface area contributed by atoms with E-state index in [-0.39, 0.29) is 18.0 Å². The zero-order valence-electron chi connectivity index (χ0n) is 12.1. The summed E-state index contributed by atoms with van der Waals surface area (Å²) in [5.41, 5.74) is 0.835. The van der Waals surface area contributed by atoms with E-state index in [9.17, 15) is 9.50 Å². The Kier molecular flexibility index (Phi) is 6.34. The van der Waals surface area contributed by atoms with Gasteiger partial charge in [-0.1, -0.05) is 6.92 Å². The van der Waals surface area contributed by atoms with E-state index in [2.05, 4.69) is 22.1 Å². The van der Waals surface area contributed by atoms with Crippen molar-refractivity contribution in [2.45, 2.75) is 26.0 Å². The molecular formula is C14H24FN3O. The number of hydrogen-bond acceptors (Lipinski definition) is 4. The quantitative estimate of drug-likeness (QED) is 0.786. The molecule has 2 N–H and O–H groups in total. The van der Waals surface area contributed by atoms with Crippen LogP contribution in [0.4, 0.5) is 4.39 Å². The molecule has 1 aromatic rings. The average molecular weight is 269 g/mol. The van der Waals surface area contributed by atoms with Crippen LogP contribution in [0.5, 0.6) is 0 Å². The van der Waals surface area contributed by atoms with Gasteiger partial charge in [0, 0.05) is 13.1 Å². The van der Waals surface area contributed by atoms with Crippen LogP contribution in [0.2, 0.25) is 0 Å². The number of halogens is 1. The highest BCUT2D eigenvalue weighted by Crippen LogP contribution is 2.20. The molecule has 0 saturated carbocycles. The molecule has 1 aromatic heterocycles. The third-order valence-corrected chi connectivity index (χ3v) is 3.12. The largest absolute Gasteiger partial charge is 0.392 e. The molecule has 0 bridgehead atoms. The van der Waals surface area contributed by atoms with Crippen LogP contribution in [0.25, 0.3) is 0 Å². The van der Waals surface area contributed by atoms with Crippen LogP contribution in [0.1, 0.15) is 25.6 Å². The van der Waals surface area contributed by atoms with Crippen molar-refractivity contribution >= 4 is 0 Å². The molecule has 5 heteroatoms. The number of likely N-dealkylation sites (N-methyl/N-ethyl adjacent to an activating group) is 1. The van der Waals surface area contributed by atoms with Gasteiger partial charge in [0.1, 0.15) is 5.82 Å². The molecule has 0 saturated heterocycles. The minimum absolute atomic E-state index is 0.0667. The summed E-state index contributed by atoms with van der Waals surface area (Å²) in [5.74, 6) is -0.0239. The number of aliphatic hydroxyl groups excluding tert-OH is 1. The molecular weight excluding hydrogens is 245 g/mol. The Hall–Kier alpha value is -1.04. The zero-order chi connectivity index (χ0) is 14.4. The molecule has 3 unspecified atom stereocenters. The van der Waals surface area contributed by atoms with Gasteiger partial charge in [-0.15, -0.1) is 0 Å². The van der Waals surface area contributed by atoms with Gasteiger partial charge in [-0.3, -0.25) is 4.98 Å². The van der Waals surface area contributed by atoms with Crippen molar-refractivity contribution in [3.63, 3.8) is 0 Å². The summed E-state index contributed by atoms with van der Waals surface area (Å²) < 4.78 is 12.9. The lowest BCUT2D eigenvalue weighted by molar-refractivity contribution is 0.128. The Balaban J connectivity index is 2.66. The van der Waals surface area contributed by atoms with E-state index < -0.39 is 0 Å². The Morgan fingerprint density at radius 3 is 2.53 bits per heavy atom. The lowest BCUT2D eigenvalue weighted by Crippen LogP contribution is -2.36. The average Bonchev–Trinajstić information content (AvgIpc) is 2.31. The summed E-state index contributed by atoms with van der Waals surface area (Å²) in [6.07, 6.45) is 0.903. The van der Waals surface area contributed by atoms with Crippen molar-refractivity contribution in [2.24, 2.45) is 5.92 Å². The summed E-state index contributed by atoms with van der Waals surface area (Å²) in [4.78, 5) is 6.22. The predicted molar refractivity (Wildman–Crippen MR) is 74.3 cm³/mol. The summed E-state index contributed by atoms with van der Waals surface area (Å²) >= 11 is 0. The molecule has 0 aromatic carbocycles. The number of rotatable bonds is 7. The molecule has 1 rings (SSSR count). The summed E-state index contributed by atoms with van der Waals surface area (Å²) in [7, 11) is 3.86. The molecule has 0 aliphatic rings. The van der Waals surface area contributed by atoms with Gasteiger partial charge in [0.15, 0.2) is 0 Å². The maximum absolute atomic E-state index is 12.9. The number of pyridine rings is 1. The molecule has 19 heavy (non-hydrogen) atoms. The Bertz CT molecular complexity index is 369. The molecule has 0 spiro atoms. The summed E-state index contributed by atoms with van der Waals surface area (Å²) in [5, 5.41) is 12.6. The molecule has 1 heterocycles. The second kappa shape index (κ2) is 7.53. The van der Waals surface area contributed by atoms with Crippen LogP contribution in [-0.2, 0) is 0 Å². The topological polar surface area (TPSA) is 48.4 Å². The Morgan fingerprint density at radius 2 is 2.05 bits per heavy atom. The Morgan fingerprint density at radius 1 is 1.37 bits per heavy atom. The molecule has 0 aliphatic heterocycles. The fourth-order valence-corrected chi connectivity index (χ4v) is 2.42. The van der Waals surface area contributed by atoms with Crippen molar-refractivity contribution in [1.82, 2.24) is 15.2 Å². The number of hydrogen-bond donors (Lipinski definition) is 2. The monoisotopic (exact) mass is 269 g/mol. The van der Waals surface area contributed by atoms with E-state index in [1.807, 2.05) is 14.1 Å². The number of nitrogens with zero attached hydrogens (tertiary/aromatic N) is 2. The van der Waals surface area contributed by atoms with Gasteiger partial charge < -0.3 is 15.3 Å². The van der Waals surface area contributed by atoms with Gasteiger partial charge >= 0.3 is 0 Å². The first-order chi connectivity index (χ1) is 8.93. The number of aliphatic hydroxyl groups is 1. The van der Waals surface area contributed by atoms with Crippen LogP contribution in [0.3, 0.4) is 0 Å². The third kappa shape index (κ3) is 5.22. The van der Waals surface area contributed by atoms with Gasteiger partial charge in [0.25, 0.3) is 0 Å². The third-order valence-electron chi connectivity index (χ3n) is 3.12. The van der Waals surface area contributed by atoms with Crippen molar-refractivity contribution in [3.05, 3.63) is 29.8 Å². The first-order valence-electron chi connectivity index (χ1n) is 6.59. The van der Waals surface area contributed by atoms with E-state index in [4.69, 9.17) is 0 Å². The van der Waals surface area contributed by atoms with Gasteiger partial charge in [-0.05, 0) is 39.1 Å². The predicted octanol–water partition coefficient (Wildman–Crippen LogP) is 1.43. The SMILES string of the molecule is CNC(c1ccc(F)cn1)C(C)CN(C)CC(C)O. The lowest BCUT2D eigenvalue weighted by atomic mass is 9.98. The molecule has 4 nitrogen and oxygen atoms in total. The maximum atomic E-state index is 12.9. The van der Waals surface area contributed by atoms with Crippen LogP contribution < -0.4 is 5.32 Å². The first kappa shape index (κ1) is 16.0. The van der Waals surface area contributed by atoms with Gasteiger partial charge in [0.05, 0.1) is 24.0 Å². The highest BCUT2D eigenvalue weighted by molar-refractivity contribution is 5.10. The standard InChI is InChI=1S/C14H24FN3O/c1-10(8-18(4)9-11(2)19)14(16-3)13-6-5-12(15)7-17-13/h5-7,10-11,14,16,19H,8-9H2,1-4H3. The van der Waals surface area contributed by atoms with E-state index >= 15 is 0 Å². The van der Waals surface area contributed by atoms with Crippen molar-refractivity contribution in [1.29, 1.82) is 0 Å². The fourth-order valence-electron chi connectivity index (χ4n) is 2.42. The van der Waals surface area contributed by atoms with Gasteiger partial charge in [-0.25, -0.2) is 4.39 Å². The van der Waals surface area contributed by atoms with Crippen molar-refractivity contribution in [3.8, 4) is 0 Å². The molecule has 0 fully saturated rings. The highest BCUT2D eigenvalue weighted by atomic mass is 19.1. The minimum Gasteiger partial charge on any atom is -0.392 e. The van der Waals surface area contributed by atoms with Crippen LogP contribution >= 0.6 is 0 Å². The van der Waals surface area contributed by atoms with E-state index in [0.717, 1.165) is 12.2 Å². The smallest absolute Gasteiger partial charge is 0.141 e. The minimum atomic E-state index is -0.339. The highest BCUT2D eigenvalue weighted by Gasteiger charge is 2.20. The maximum Gasteiger partial charge on any atom is 0.141 e. The molecule has 0 aliphatic carbocycles. The van der Waals surface area contributed by atoms with Crippen LogP contribution in [-0.4, -0.2) is 48.3 Å². The Labute approximate surface area is 114 Å². The molecule has 3 atom stereocenters. The lowest BCUT2D eigenvalue weighted by Gasteiger charge is -2.28. The normalized spacial score (nSPS) is 16.4. The fraction of sp³-hybridized carbons (Fsp3) is 0.643. The molecule has 0 radical (unpaired) electrons. The number of nitrogens with one attached hydrogen (secondary N) is 1. The van der Waals surface area contributed by atoms with E-state index in [1.165, 1.54) is 12.3 Å². The number of aromatic nitrogens is 1. The van der Waals surface area contributed by atoms with E-state index in [1.54, 1.807) is 13.0 Å². The molecule has 108 valence electrons. The van der Waals surface area contributed by atoms with E-state index in [0.29, 0.717) is 12.5 Å².